The minimum atomic E-state index is -0.00353. The van der Waals surface area contributed by atoms with Crippen LogP contribution in [0.5, 0.6) is 5.75 Å². The third kappa shape index (κ3) is 3.45. The van der Waals surface area contributed by atoms with E-state index in [1.54, 1.807) is 18.9 Å². The second-order valence-electron chi connectivity index (χ2n) is 8.11. The first-order valence-corrected chi connectivity index (χ1v) is 11.9. The van der Waals surface area contributed by atoms with Gasteiger partial charge in [0.1, 0.15) is 17.0 Å². The Balaban J connectivity index is 1.81. The summed E-state index contributed by atoms with van der Waals surface area (Å²) in [5.74, 6) is 1.49. The summed E-state index contributed by atoms with van der Waals surface area (Å²) < 4.78 is 13.5. The fourth-order valence-electron chi connectivity index (χ4n) is 4.45. The molecule has 0 unspecified atom stereocenters. The molecule has 7 nitrogen and oxygen atoms in total. The van der Waals surface area contributed by atoms with Gasteiger partial charge < -0.3 is 13.8 Å². The molecule has 0 amide bonds. The maximum absolute atomic E-state index is 5.83. The molecule has 8 heteroatoms. The first kappa shape index (κ1) is 21.5. The van der Waals surface area contributed by atoms with Gasteiger partial charge in [-0.05, 0) is 58.2 Å². The largest absolute Gasteiger partial charge is 0.496 e. The molecule has 0 aliphatic rings. The Labute approximate surface area is 196 Å². The van der Waals surface area contributed by atoms with Crippen LogP contribution in [0.15, 0.2) is 46.2 Å². The maximum Gasteiger partial charge on any atom is 0.169 e. The summed E-state index contributed by atoms with van der Waals surface area (Å²) in [6, 6.07) is 10.2. The molecule has 0 N–H and O–H groups in total. The van der Waals surface area contributed by atoms with Crippen LogP contribution in [0.4, 0.5) is 0 Å². The molecule has 4 heterocycles. The van der Waals surface area contributed by atoms with Gasteiger partial charge in [-0.2, -0.15) is 0 Å². The van der Waals surface area contributed by atoms with Gasteiger partial charge in [0.15, 0.2) is 5.16 Å². The number of ether oxygens (including phenoxy) is 1. The molecule has 0 aliphatic carbocycles. The quantitative estimate of drug-likeness (QED) is 0.303. The van der Waals surface area contributed by atoms with Crippen LogP contribution in [0.3, 0.4) is 0 Å². The predicted molar refractivity (Wildman–Crippen MR) is 131 cm³/mol. The molecule has 0 bridgehead atoms. The van der Waals surface area contributed by atoms with E-state index in [-0.39, 0.29) is 6.04 Å². The fraction of sp³-hybridized carbons (Fsp3) is 0.280. The number of imidazole rings is 1. The lowest BCUT2D eigenvalue weighted by Gasteiger charge is -2.18. The molecule has 168 valence electrons. The Hall–Kier alpha value is -3.39. The number of thioether (sulfide) groups is 1. The molecule has 1 aromatic carbocycles. The monoisotopic (exact) mass is 459 g/mol. The molecular weight excluding hydrogens is 434 g/mol. The van der Waals surface area contributed by atoms with E-state index in [2.05, 4.69) is 22.7 Å². The molecule has 33 heavy (non-hydrogen) atoms. The van der Waals surface area contributed by atoms with Crippen molar-refractivity contribution in [2.75, 3.05) is 13.4 Å². The zero-order valence-corrected chi connectivity index (χ0v) is 20.3. The first-order valence-electron chi connectivity index (χ1n) is 10.7. The smallest absolute Gasteiger partial charge is 0.169 e. The number of rotatable bonds is 5. The topological polar surface area (TPSA) is 78.9 Å². The van der Waals surface area contributed by atoms with Crippen molar-refractivity contribution >= 4 is 33.7 Å². The highest BCUT2D eigenvalue weighted by molar-refractivity contribution is 7.98. The second kappa shape index (κ2) is 8.19. The number of nitrogens with zero attached hydrogens (tertiary/aromatic N) is 5. The SMILES string of the molecule is COc1cc2c(cc1-c1c(C)noc1C)ncc1nc(SC)n([C@H](C)c3cccc(C)n3)c12. The molecule has 0 radical (unpaired) electrons. The zero-order valence-electron chi connectivity index (χ0n) is 19.5. The summed E-state index contributed by atoms with van der Waals surface area (Å²) in [4.78, 5) is 14.4. The summed E-state index contributed by atoms with van der Waals surface area (Å²) in [6.45, 7) is 8.01. The molecule has 1 atom stereocenters. The van der Waals surface area contributed by atoms with Crippen LogP contribution in [0.2, 0.25) is 0 Å². The summed E-state index contributed by atoms with van der Waals surface area (Å²) in [5, 5.41) is 6.01. The Morgan fingerprint density at radius 2 is 1.91 bits per heavy atom. The van der Waals surface area contributed by atoms with Crippen molar-refractivity contribution in [2.45, 2.75) is 38.9 Å². The van der Waals surface area contributed by atoms with Crippen molar-refractivity contribution in [1.82, 2.24) is 24.7 Å². The van der Waals surface area contributed by atoms with Gasteiger partial charge in [0.2, 0.25) is 0 Å². The van der Waals surface area contributed by atoms with Crippen LogP contribution in [0.25, 0.3) is 33.1 Å². The van der Waals surface area contributed by atoms with Crippen molar-refractivity contribution in [3.8, 4) is 16.9 Å². The molecule has 5 aromatic rings. The summed E-state index contributed by atoms with van der Waals surface area (Å²) in [5.41, 5.74) is 7.38. The van der Waals surface area contributed by atoms with Gasteiger partial charge in [-0.25, -0.2) is 4.98 Å². The van der Waals surface area contributed by atoms with Crippen LogP contribution in [-0.2, 0) is 0 Å². The van der Waals surface area contributed by atoms with Crippen molar-refractivity contribution < 1.29 is 9.26 Å². The lowest BCUT2D eigenvalue weighted by atomic mass is 10.0. The average molecular weight is 460 g/mol. The first-order chi connectivity index (χ1) is 15.9. The second-order valence-corrected chi connectivity index (χ2v) is 8.88. The van der Waals surface area contributed by atoms with Gasteiger partial charge in [0.05, 0.1) is 47.3 Å². The Kier molecular flexibility index (Phi) is 5.32. The van der Waals surface area contributed by atoms with Gasteiger partial charge in [0, 0.05) is 16.6 Å². The number of aryl methyl sites for hydroxylation is 3. The molecule has 0 saturated carbocycles. The summed E-state index contributed by atoms with van der Waals surface area (Å²) >= 11 is 1.62. The van der Waals surface area contributed by atoms with Gasteiger partial charge in [-0.15, -0.1) is 0 Å². The molecule has 0 saturated heterocycles. The highest BCUT2D eigenvalue weighted by Crippen LogP contribution is 2.40. The zero-order chi connectivity index (χ0) is 23.3. The third-order valence-corrected chi connectivity index (χ3v) is 6.67. The summed E-state index contributed by atoms with van der Waals surface area (Å²) in [7, 11) is 1.68. The number of benzene rings is 1. The van der Waals surface area contributed by atoms with E-state index >= 15 is 0 Å². The Morgan fingerprint density at radius 3 is 2.58 bits per heavy atom. The van der Waals surface area contributed by atoms with Gasteiger partial charge >= 0.3 is 0 Å². The van der Waals surface area contributed by atoms with E-state index in [1.807, 2.05) is 57.5 Å². The number of hydrogen-bond donors (Lipinski definition) is 0. The maximum atomic E-state index is 5.83. The number of fused-ring (bicyclic) bond motifs is 3. The van der Waals surface area contributed by atoms with Crippen LogP contribution in [0, 0.1) is 20.8 Å². The lowest BCUT2D eigenvalue weighted by Crippen LogP contribution is -2.10. The molecule has 0 aliphatic heterocycles. The number of hydrogen-bond acceptors (Lipinski definition) is 7. The number of pyridine rings is 2. The van der Waals surface area contributed by atoms with E-state index < -0.39 is 0 Å². The molecule has 4 aromatic heterocycles. The normalized spacial score (nSPS) is 12.5. The van der Waals surface area contributed by atoms with E-state index in [1.165, 1.54) is 0 Å². The Bertz CT molecular complexity index is 1480. The number of aromatic nitrogens is 5. The van der Waals surface area contributed by atoms with E-state index in [4.69, 9.17) is 24.2 Å². The standard InChI is InChI=1S/C25H25N5O2S/c1-13-8-7-9-19(27-13)15(3)30-24-17-11-22(31-5)18(23-14(2)29-32-16(23)4)10-20(17)26-12-21(24)28-25(30)33-6/h7-12,15H,1-6H3/t15-/m1/s1. The van der Waals surface area contributed by atoms with Crippen molar-refractivity contribution in [3.63, 3.8) is 0 Å². The van der Waals surface area contributed by atoms with E-state index in [9.17, 15) is 0 Å². The van der Waals surface area contributed by atoms with Crippen LogP contribution >= 0.6 is 11.8 Å². The van der Waals surface area contributed by atoms with Crippen molar-refractivity contribution in [3.05, 3.63) is 59.4 Å². The number of methoxy groups -OCH3 is 1. The summed E-state index contributed by atoms with van der Waals surface area (Å²) in [6.07, 6.45) is 3.88. The van der Waals surface area contributed by atoms with Crippen LogP contribution in [-0.4, -0.2) is 38.0 Å². The third-order valence-electron chi connectivity index (χ3n) is 6.02. The van der Waals surface area contributed by atoms with Crippen LogP contribution in [0.1, 0.15) is 35.8 Å². The highest BCUT2D eigenvalue weighted by atomic mass is 32.2. The minimum Gasteiger partial charge on any atom is -0.496 e. The van der Waals surface area contributed by atoms with Gasteiger partial charge in [-0.3, -0.25) is 9.97 Å². The predicted octanol–water partition coefficient (Wildman–Crippen LogP) is 5.90. The molecule has 5 rings (SSSR count). The molecule has 0 fully saturated rings. The van der Waals surface area contributed by atoms with Gasteiger partial charge in [-0.1, -0.05) is 23.0 Å². The Morgan fingerprint density at radius 1 is 1.09 bits per heavy atom. The van der Waals surface area contributed by atoms with Crippen LogP contribution < -0.4 is 4.74 Å². The van der Waals surface area contributed by atoms with Gasteiger partial charge in [0.25, 0.3) is 0 Å². The molecular formula is C25H25N5O2S. The minimum absolute atomic E-state index is 0.00353. The van der Waals surface area contributed by atoms with E-state index in [0.717, 1.165) is 66.8 Å². The van der Waals surface area contributed by atoms with E-state index in [0.29, 0.717) is 0 Å². The average Bonchev–Trinajstić information content (AvgIpc) is 3.36. The molecule has 0 spiro atoms. The van der Waals surface area contributed by atoms with Crippen molar-refractivity contribution in [1.29, 1.82) is 0 Å². The highest BCUT2D eigenvalue weighted by Gasteiger charge is 2.23. The lowest BCUT2D eigenvalue weighted by molar-refractivity contribution is 0.393. The van der Waals surface area contributed by atoms with Crippen molar-refractivity contribution in [2.24, 2.45) is 0 Å². The fourth-order valence-corrected chi connectivity index (χ4v) is 5.08.